The molecule has 0 bridgehead atoms. The molecular weight excluding hydrogens is 508 g/mol. The molecule has 0 fully saturated rings. The largest absolute Gasteiger partial charge is 0.442 e. The van der Waals surface area contributed by atoms with E-state index in [1.807, 2.05) is 0 Å². The van der Waals surface area contributed by atoms with E-state index in [-0.39, 0.29) is 30.4 Å². The summed E-state index contributed by atoms with van der Waals surface area (Å²) in [6.07, 6.45) is -26.9. The van der Waals surface area contributed by atoms with Crippen molar-refractivity contribution in [2.45, 2.75) is 35.9 Å². The number of alkyl halides is 12. The first-order valence-electron chi connectivity index (χ1n) is 8.21. The zero-order valence-electron chi connectivity index (χ0n) is 16.0. The van der Waals surface area contributed by atoms with Crippen LogP contribution in [-0.4, -0.2) is 36.6 Å². The highest BCUT2D eigenvalue weighted by Gasteiger charge is 2.78. The first-order valence-corrected chi connectivity index (χ1v) is 8.21. The van der Waals surface area contributed by atoms with Gasteiger partial charge in [-0.05, 0) is 6.07 Å². The Bertz CT molecular complexity index is 852. The molecule has 0 heterocycles. The van der Waals surface area contributed by atoms with Gasteiger partial charge in [0, 0.05) is 23.3 Å². The Hall–Kier alpha value is -3.20. The van der Waals surface area contributed by atoms with Crippen LogP contribution in [-0.2, 0) is 30.3 Å². The van der Waals surface area contributed by atoms with Crippen molar-refractivity contribution in [2.75, 3.05) is 0 Å². The number of carbonyl (C=O) groups is 2. The first kappa shape index (κ1) is 28.8. The van der Waals surface area contributed by atoms with Crippen molar-refractivity contribution in [2.24, 2.45) is 0 Å². The standard InChI is InChI=1S/C18H10F12O4/c1-3-11(31)33-13(15(19,20)21,16(22,23)24)9-6-5-7-10(8-9)14(17(25,26)27,18(28,29)30)34-12(32)4-2/h3-8H,1-2H2. The number of hydrogen-bond donors (Lipinski definition) is 0. The summed E-state index contributed by atoms with van der Waals surface area (Å²) in [7, 11) is 0. The molecule has 1 aromatic rings. The molecule has 1 aromatic carbocycles. The Morgan fingerprint density at radius 3 is 1.09 bits per heavy atom. The summed E-state index contributed by atoms with van der Waals surface area (Å²) < 4.78 is 171. The van der Waals surface area contributed by atoms with E-state index in [2.05, 4.69) is 22.6 Å². The van der Waals surface area contributed by atoms with Gasteiger partial charge < -0.3 is 9.47 Å². The summed E-state index contributed by atoms with van der Waals surface area (Å²) in [6, 6.07) is -1.26. The SMILES string of the molecule is C=CC(=O)OC(c1cccc(C(OC(=O)C=C)(C(F)(F)F)C(F)(F)F)c1)(C(F)(F)F)C(F)(F)F. The normalized spacial score (nSPS) is 13.8. The fourth-order valence-electron chi connectivity index (χ4n) is 2.67. The van der Waals surface area contributed by atoms with Crippen LogP contribution < -0.4 is 0 Å². The van der Waals surface area contributed by atoms with Crippen molar-refractivity contribution in [3.05, 3.63) is 60.7 Å². The van der Waals surface area contributed by atoms with Gasteiger partial charge in [0.2, 0.25) is 0 Å². The molecule has 0 spiro atoms. The summed E-state index contributed by atoms with van der Waals surface area (Å²) >= 11 is 0. The molecule has 4 nitrogen and oxygen atoms in total. The predicted octanol–water partition coefficient (Wildman–Crippen LogP) is 5.78. The van der Waals surface area contributed by atoms with Crippen LogP contribution in [0.4, 0.5) is 52.7 Å². The van der Waals surface area contributed by atoms with Gasteiger partial charge in [0.15, 0.2) is 0 Å². The lowest BCUT2D eigenvalue weighted by atomic mass is 9.85. The van der Waals surface area contributed by atoms with Gasteiger partial charge in [0.1, 0.15) is 0 Å². The molecular formula is C18H10F12O4. The van der Waals surface area contributed by atoms with Crippen molar-refractivity contribution in [1.29, 1.82) is 0 Å². The van der Waals surface area contributed by atoms with Crippen LogP contribution in [0, 0.1) is 0 Å². The fourth-order valence-corrected chi connectivity index (χ4v) is 2.67. The summed E-state index contributed by atoms with van der Waals surface area (Å²) in [5, 5.41) is 0. The van der Waals surface area contributed by atoms with Gasteiger partial charge in [-0.3, -0.25) is 0 Å². The zero-order chi connectivity index (χ0) is 27.0. The molecule has 0 atom stereocenters. The van der Waals surface area contributed by atoms with Crippen LogP contribution in [0.5, 0.6) is 0 Å². The van der Waals surface area contributed by atoms with E-state index >= 15 is 0 Å². The van der Waals surface area contributed by atoms with Gasteiger partial charge in [0.05, 0.1) is 0 Å². The number of carbonyl (C=O) groups excluding carboxylic acids is 2. The molecule has 0 aliphatic heterocycles. The quantitative estimate of drug-likeness (QED) is 0.272. The third-order valence-electron chi connectivity index (χ3n) is 4.11. The van der Waals surface area contributed by atoms with Crippen LogP contribution >= 0.6 is 0 Å². The third-order valence-corrected chi connectivity index (χ3v) is 4.11. The van der Waals surface area contributed by atoms with Crippen LogP contribution in [0.15, 0.2) is 49.6 Å². The summed E-state index contributed by atoms with van der Waals surface area (Å²) in [5.74, 6) is -4.73. The number of halogens is 12. The smallest absolute Gasteiger partial charge is 0.431 e. The minimum Gasteiger partial charge on any atom is -0.431 e. The molecule has 0 radical (unpaired) electrons. The maximum atomic E-state index is 13.6. The molecule has 1 rings (SSSR count). The maximum Gasteiger partial charge on any atom is 0.442 e. The Morgan fingerprint density at radius 2 is 0.882 bits per heavy atom. The van der Waals surface area contributed by atoms with Gasteiger partial charge in [-0.2, -0.15) is 52.7 Å². The zero-order valence-corrected chi connectivity index (χ0v) is 16.0. The minimum atomic E-state index is -6.65. The summed E-state index contributed by atoms with van der Waals surface area (Å²) in [4.78, 5) is 22.6. The maximum absolute atomic E-state index is 13.6. The lowest BCUT2D eigenvalue weighted by Crippen LogP contribution is -2.58. The van der Waals surface area contributed by atoms with Crippen LogP contribution in [0.1, 0.15) is 11.1 Å². The predicted molar refractivity (Wildman–Crippen MR) is 86.6 cm³/mol. The van der Waals surface area contributed by atoms with Gasteiger partial charge >= 0.3 is 47.8 Å². The molecule has 190 valence electrons. The second kappa shape index (κ2) is 8.87. The molecule has 0 unspecified atom stereocenters. The third kappa shape index (κ3) is 4.70. The average Bonchev–Trinajstić information content (AvgIpc) is 2.65. The van der Waals surface area contributed by atoms with Crippen molar-refractivity contribution in [3.8, 4) is 0 Å². The molecule has 0 saturated carbocycles. The van der Waals surface area contributed by atoms with Crippen LogP contribution in [0.25, 0.3) is 0 Å². The average molecular weight is 518 g/mol. The van der Waals surface area contributed by atoms with Crippen LogP contribution in [0.2, 0.25) is 0 Å². The highest BCUT2D eigenvalue weighted by Crippen LogP contribution is 2.56. The molecule has 0 N–H and O–H groups in total. The Kier molecular flexibility index (Phi) is 7.52. The van der Waals surface area contributed by atoms with E-state index in [0.29, 0.717) is 0 Å². The van der Waals surface area contributed by atoms with Crippen molar-refractivity contribution in [1.82, 2.24) is 0 Å². The molecule has 0 saturated heterocycles. The van der Waals surface area contributed by atoms with E-state index in [0.717, 1.165) is 0 Å². The number of rotatable bonds is 6. The first-order chi connectivity index (χ1) is 15.1. The Morgan fingerprint density at radius 1 is 0.618 bits per heavy atom. The van der Waals surface area contributed by atoms with E-state index in [1.165, 1.54) is 0 Å². The van der Waals surface area contributed by atoms with E-state index in [9.17, 15) is 62.3 Å². The highest BCUT2D eigenvalue weighted by atomic mass is 19.4. The second-order valence-electron chi connectivity index (χ2n) is 6.18. The van der Waals surface area contributed by atoms with Gasteiger partial charge in [-0.15, -0.1) is 0 Å². The summed E-state index contributed by atoms with van der Waals surface area (Å²) in [5.41, 5.74) is -16.3. The van der Waals surface area contributed by atoms with E-state index in [4.69, 9.17) is 0 Å². The molecule has 0 aromatic heterocycles. The minimum absolute atomic E-state index is 0.0490. The van der Waals surface area contributed by atoms with E-state index < -0.39 is 65.0 Å². The highest BCUT2D eigenvalue weighted by molar-refractivity contribution is 5.82. The second-order valence-corrected chi connectivity index (χ2v) is 6.18. The number of benzene rings is 1. The van der Waals surface area contributed by atoms with Crippen molar-refractivity contribution in [3.63, 3.8) is 0 Å². The number of ether oxygens (including phenoxy) is 2. The molecule has 16 heteroatoms. The Balaban J connectivity index is 4.19. The summed E-state index contributed by atoms with van der Waals surface area (Å²) in [6.45, 7) is 5.18. The van der Waals surface area contributed by atoms with Crippen LogP contribution in [0.3, 0.4) is 0 Å². The van der Waals surface area contributed by atoms with Gasteiger partial charge in [0.25, 0.3) is 0 Å². The van der Waals surface area contributed by atoms with Gasteiger partial charge in [-0.1, -0.05) is 31.4 Å². The molecule has 0 aliphatic rings. The number of hydrogen-bond acceptors (Lipinski definition) is 4. The number of esters is 2. The fraction of sp³-hybridized carbons (Fsp3) is 0.333. The lowest BCUT2D eigenvalue weighted by Gasteiger charge is -2.39. The van der Waals surface area contributed by atoms with Crippen molar-refractivity contribution < 1.29 is 71.7 Å². The monoisotopic (exact) mass is 518 g/mol. The van der Waals surface area contributed by atoms with E-state index in [1.54, 1.807) is 0 Å². The molecule has 0 aliphatic carbocycles. The molecule has 0 amide bonds. The van der Waals surface area contributed by atoms with Crippen molar-refractivity contribution >= 4 is 11.9 Å². The molecule has 34 heavy (non-hydrogen) atoms. The topological polar surface area (TPSA) is 52.6 Å². The Labute approximate surface area is 181 Å². The lowest BCUT2D eigenvalue weighted by molar-refractivity contribution is -0.378. The van der Waals surface area contributed by atoms with Gasteiger partial charge in [-0.25, -0.2) is 9.59 Å².